The van der Waals surface area contributed by atoms with Gasteiger partial charge < -0.3 is 24.4 Å². The van der Waals surface area contributed by atoms with E-state index in [0.717, 1.165) is 11.3 Å². The SMILES string of the molecule is COc1cc(N=Nc2nc3ccc([N+](=O)[O-])cc3s2)c(NC(C)=O)cc1N(CCOC(C)=O)CCOC(C)=O. The molecule has 0 spiro atoms. The minimum atomic E-state index is -0.490. The topological polar surface area (TPSA) is 175 Å². The van der Waals surface area contributed by atoms with Gasteiger partial charge in [0.25, 0.3) is 5.69 Å². The number of nitro groups is 1. The van der Waals surface area contributed by atoms with Crippen molar-refractivity contribution in [3.8, 4) is 5.75 Å². The minimum Gasteiger partial charge on any atom is -0.494 e. The fourth-order valence-electron chi connectivity index (χ4n) is 3.45. The van der Waals surface area contributed by atoms with E-state index in [0.29, 0.717) is 27.3 Å². The van der Waals surface area contributed by atoms with Gasteiger partial charge in [-0.1, -0.05) is 11.3 Å². The predicted octanol–water partition coefficient (Wildman–Crippen LogP) is 4.52. The van der Waals surface area contributed by atoms with Crippen LogP contribution in [-0.4, -0.2) is 61.2 Å². The summed E-state index contributed by atoms with van der Waals surface area (Å²) in [4.78, 5) is 51.2. The molecule has 1 amide bonds. The first-order valence-electron chi connectivity index (χ1n) is 11.6. The zero-order valence-corrected chi connectivity index (χ0v) is 22.4. The number of hydrogen-bond acceptors (Lipinski definition) is 13. The molecule has 1 heterocycles. The lowest BCUT2D eigenvalue weighted by Crippen LogP contribution is -2.32. The van der Waals surface area contributed by atoms with Gasteiger partial charge in [-0.05, 0) is 12.1 Å². The third-order valence-corrected chi connectivity index (χ3v) is 6.00. The molecule has 3 rings (SSSR count). The molecule has 3 aromatic rings. The number of nitrogens with one attached hydrogen (secondary N) is 1. The molecule has 0 aliphatic heterocycles. The number of methoxy groups -OCH3 is 1. The number of non-ortho nitro benzene ring substituents is 1. The summed E-state index contributed by atoms with van der Waals surface area (Å²) in [6.07, 6.45) is 0. The number of amides is 1. The summed E-state index contributed by atoms with van der Waals surface area (Å²) in [5.41, 5.74) is 1.56. The first-order valence-corrected chi connectivity index (χ1v) is 12.4. The van der Waals surface area contributed by atoms with Crippen molar-refractivity contribution in [2.24, 2.45) is 10.2 Å². The number of nitro benzene ring substituents is 1. The number of carbonyl (C=O) groups excluding carboxylic acids is 3. The quantitative estimate of drug-likeness (QED) is 0.144. The molecule has 0 atom stereocenters. The Bertz CT molecular complexity index is 1400. The molecule has 15 heteroatoms. The molecule has 1 aromatic heterocycles. The van der Waals surface area contributed by atoms with E-state index in [-0.39, 0.29) is 48.7 Å². The number of rotatable bonds is 12. The molecule has 14 nitrogen and oxygen atoms in total. The number of esters is 2. The number of anilines is 2. The van der Waals surface area contributed by atoms with Crippen molar-refractivity contribution in [1.82, 2.24) is 4.98 Å². The van der Waals surface area contributed by atoms with Crippen LogP contribution >= 0.6 is 11.3 Å². The van der Waals surface area contributed by atoms with E-state index in [1.807, 2.05) is 0 Å². The molecule has 0 bridgehead atoms. The molecular formula is C24H26N6O8S. The standard InChI is InChI=1S/C24H26N6O8S/c1-14(31)25-19-12-21(29(7-9-37-15(2)32)8-10-38-16(3)33)22(36-4)13-20(19)27-28-24-26-18-6-5-17(30(34)35)11-23(18)39-24/h5-6,11-13H,7-10H2,1-4H3,(H,25,31). The lowest BCUT2D eigenvalue weighted by Gasteiger charge is -2.27. The summed E-state index contributed by atoms with van der Waals surface area (Å²) in [5, 5.41) is 22.4. The zero-order chi connectivity index (χ0) is 28.5. The second kappa shape index (κ2) is 13.2. The molecule has 0 saturated heterocycles. The summed E-state index contributed by atoms with van der Waals surface area (Å²) in [7, 11) is 1.45. The van der Waals surface area contributed by atoms with Crippen molar-refractivity contribution in [3.63, 3.8) is 0 Å². The Morgan fingerprint density at radius 1 is 1.05 bits per heavy atom. The second-order valence-corrected chi connectivity index (χ2v) is 9.00. The van der Waals surface area contributed by atoms with Crippen LogP contribution in [0.15, 0.2) is 40.6 Å². The molecule has 1 N–H and O–H groups in total. The average molecular weight is 559 g/mol. The lowest BCUT2D eigenvalue weighted by molar-refractivity contribution is -0.384. The summed E-state index contributed by atoms with van der Waals surface area (Å²) in [6, 6.07) is 7.48. The van der Waals surface area contributed by atoms with E-state index >= 15 is 0 Å². The maximum Gasteiger partial charge on any atom is 0.302 e. The van der Waals surface area contributed by atoms with E-state index in [1.165, 1.54) is 46.1 Å². The van der Waals surface area contributed by atoms with Crippen molar-refractivity contribution in [1.29, 1.82) is 0 Å². The van der Waals surface area contributed by atoms with Crippen LogP contribution in [0.2, 0.25) is 0 Å². The van der Waals surface area contributed by atoms with Gasteiger partial charge in [-0.15, -0.1) is 10.2 Å². The first-order chi connectivity index (χ1) is 18.6. The van der Waals surface area contributed by atoms with Crippen molar-refractivity contribution in [3.05, 3.63) is 40.4 Å². The number of azo groups is 1. The number of benzene rings is 2. The molecule has 0 aliphatic carbocycles. The second-order valence-electron chi connectivity index (χ2n) is 8.00. The summed E-state index contributed by atoms with van der Waals surface area (Å²) < 4.78 is 16.3. The molecule has 0 saturated carbocycles. The van der Waals surface area contributed by atoms with Gasteiger partial charge >= 0.3 is 11.9 Å². The van der Waals surface area contributed by atoms with Gasteiger partial charge in [0.15, 0.2) is 0 Å². The minimum absolute atomic E-state index is 0.0603. The maximum absolute atomic E-state index is 12.0. The largest absolute Gasteiger partial charge is 0.494 e. The van der Waals surface area contributed by atoms with Crippen molar-refractivity contribution < 1.29 is 33.5 Å². The van der Waals surface area contributed by atoms with Crippen molar-refractivity contribution in [2.45, 2.75) is 20.8 Å². The summed E-state index contributed by atoms with van der Waals surface area (Å²) >= 11 is 1.12. The van der Waals surface area contributed by atoms with Gasteiger partial charge in [0.1, 0.15) is 24.7 Å². The lowest BCUT2D eigenvalue weighted by atomic mass is 10.2. The van der Waals surface area contributed by atoms with Crippen LogP contribution < -0.4 is 15.0 Å². The predicted molar refractivity (Wildman–Crippen MR) is 143 cm³/mol. The Kier molecular flexibility index (Phi) is 9.80. The normalized spacial score (nSPS) is 10.9. The van der Waals surface area contributed by atoms with E-state index in [4.69, 9.17) is 14.2 Å². The smallest absolute Gasteiger partial charge is 0.302 e. The molecule has 2 aromatic carbocycles. The molecule has 39 heavy (non-hydrogen) atoms. The highest BCUT2D eigenvalue weighted by atomic mass is 32.1. The number of hydrogen-bond donors (Lipinski definition) is 1. The molecule has 0 unspecified atom stereocenters. The Morgan fingerprint density at radius 2 is 1.72 bits per heavy atom. The number of carbonyl (C=O) groups is 3. The fourth-order valence-corrected chi connectivity index (χ4v) is 4.27. The maximum atomic E-state index is 12.0. The van der Waals surface area contributed by atoms with E-state index in [2.05, 4.69) is 20.5 Å². The van der Waals surface area contributed by atoms with Gasteiger partial charge in [-0.3, -0.25) is 24.5 Å². The van der Waals surface area contributed by atoms with Gasteiger partial charge in [-0.2, -0.15) is 0 Å². The van der Waals surface area contributed by atoms with E-state index in [9.17, 15) is 24.5 Å². The van der Waals surface area contributed by atoms with Crippen LogP contribution in [0, 0.1) is 10.1 Å². The number of nitrogens with zero attached hydrogens (tertiary/aromatic N) is 5. The zero-order valence-electron chi connectivity index (χ0n) is 21.6. The molecule has 0 fully saturated rings. The van der Waals surface area contributed by atoms with E-state index in [1.54, 1.807) is 17.0 Å². The third-order valence-electron chi connectivity index (χ3n) is 5.10. The Labute approximate surface area is 226 Å². The molecular weight excluding hydrogens is 532 g/mol. The molecule has 206 valence electrons. The number of thiazole rings is 1. The van der Waals surface area contributed by atoms with Gasteiger partial charge in [-0.25, -0.2) is 4.98 Å². The Balaban J connectivity index is 1.98. The van der Waals surface area contributed by atoms with Gasteiger partial charge in [0, 0.05) is 39.0 Å². The highest BCUT2D eigenvalue weighted by Crippen LogP contribution is 2.40. The van der Waals surface area contributed by atoms with Crippen LogP contribution in [0.25, 0.3) is 10.2 Å². The third kappa shape index (κ3) is 8.16. The Morgan fingerprint density at radius 3 is 2.28 bits per heavy atom. The molecule has 0 radical (unpaired) electrons. The van der Waals surface area contributed by atoms with Crippen LogP contribution in [-0.2, 0) is 23.9 Å². The van der Waals surface area contributed by atoms with Crippen LogP contribution in [0.3, 0.4) is 0 Å². The Hall–Kier alpha value is -4.66. The highest BCUT2D eigenvalue weighted by molar-refractivity contribution is 7.21. The first kappa shape index (κ1) is 28.9. The summed E-state index contributed by atoms with van der Waals surface area (Å²) in [6.45, 7) is 4.54. The monoisotopic (exact) mass is 558 g/mol. The van der Waals surface area contributed by atoms with Crippen LogP contribution in [0.4, 0.5) is 27.9 Å². The molecule has 0 aliphatic rings. The highest BCUT2D eigenvalue weighted by Gasteiger charge is 2.18. The van der Waals surface area contributed by atoms with Crippen LogP contribution in [0.5, 0.6) is 5.75 Å². The number of fused-ring (bicyclic) bond motifs is 1. The van der Waals surface area contributed by atoms with Crippen molar-refractivity contribution >= 4 is 67.3 Å². The average Bonchev–Trinajstić information content (AvgIpc) is 3.28. The summed E-state index contributed by atoms with van der Waals surface area (Å²) in [5.74, 6) is -0.882. The number of aromatic nitrogens is 1. The van der Waals surface area contributed by atoms with Crippen molar-refractivity contribution in [2.75, 3.05) is 43.6 Å². The van der Waals surface area contributed by atoms with Gasteiger partial charge in [0.05, 0.1) is 46.7 Å². The van der Waals surface area contributed by atoms with Crippen LogP contribution in [0.1, 0.15) is 20.8 Å². The van der Waals surface area contributed by atoms with E-state index < -0.39 is 16.9 Å². The number of ether oxygens (including phenoxy) is 3. The fraction of sp³-hybridized carbons (Fsp3) is 0.333. The van der Waals surface area contributed by atoms with Gasteiger partial charge in [0.2, 0.25) is 11.0 Å².